The molecule has 172 valence electrons. The number of benzene rings is 1. The molecule has 7 nitrogen and oxygen atoms in total. The maximum Gasteiger partial charge on any atom is 0.226 e. The largest absolute Gasteiger partial charge is 0.488 e. The summed E-state index contributed by atoms with van der Waals surface area (Å²) in [5, 5.41) is 11.8. The van der Waals surface area contributed by atoms with E-state index in [2.05, 4.69) is 51.5 Å². The van der Waals surface area contributed by atoms with Crippen LogP contribution in [0.4, 0.5) is 0 Å². The number of aromatic amines is 1. The van der Waals surface area contributed by atoms with Crippen LogP contribution in [0.1, 0.15) is 70.4 Å². The Bertz CT molecular complexity index is 1220. The van der Waals surface area contributed by atoms with Gasteiger partial charge in [-0.15, -0.1) is 0 Å². The number of carbonyl (C=O) groups is 1. The van der Waals surface area contributed by atoms with E-state index in [-0.39, 0.29) is 22.8 Å². The second-order valence-corrected chi connectivity index (χ2v) is 10.6. The molecule has 2 saturated carbocycles. The highest BCUT2D eigenvalue weighted by Gasteiger charge is 2.46. The van der Waals surface area contributed by atoms with Crippen molar-refractivity contribution >= 4 is 16.8 Å². The molecule has 6 rings (SSSR count). The number of hydrogen-bond donors (Lipinski definition) is 2. The molecule has 3 aliphatic rings. The van der Waals surface area contributed by atoms with Crippen molar-refractivity contribution in [2.45, 2.75) is 70.3 Å². The minimum atomic E-state index is -0.167. The molecule has 2 aromatic heterocycles. The average molecular weight is 446 g/mol. The SMILES string of the molecule is CC(c1cc(-c2n[nH]c3ccc(OC4(C)CC4)cc23)ncn1)C1CCCC2(CCNC2=O)C1. The number of nitrogens with one attached hydrogen (secondary N) is 2. The molecule has 3 aromatic rings. The van der Waals surface area contributed by atoms with E-state index in [1.165, 1.54) is 0 Å². The second kappa shape index (κ2) is 7.54. The van der Waals surface area contributed by atoms with Gasteiger partial charge in [-0.05, 0) is 75.6 Å². The van der Waals surface area contributed by atoms with Crippen LogP contribution in [0.15, 0.2) is 30.6 Å². The normalized spacial score (nSPS) is 27.0. The summed E-state index contributed by atoms with van der Waals surface area (Å²) in [7, 11) is 0. The zero-order chi connectivity index (χ0) is 22.6. The molecular formula is C26H31N5O2. The van der Waals surface area contributed by atoms with E-state index in [0.29, 0.717) is 5.92 Å². The molecule has 0 radical (unpaired) electrons. The number of nitrogens with zero attached hydrogens (tertiary/aromatic N) is 3. The van der Waals surface area contributed by atoms with Gasteiger partial charge in [0.2, 0.25) is 5.91 Å². The Morgan fingerprint density at radius 3 is 2.82 bits per heavy atom. The van der Waals surface area contributed by atoms with Gasteiger partial charge < -0.3 is 10.1 Å². The number of amides is 1. The maximum absolute atomic E-state index is 12.5. The first kappa shape index (κ1) is 20.6. The van der Waals surface area contributed by atoms with Crippen molar-refractivity contribution in [2.75, 3.05) is 6.54 Å². The van der Waals surface area contributed by atoms with Gasteiger partial charge in [-0.2, -0.15) is 5.10 Å². The zero-order valence-electron chi connectivity index (χ0n) is 19.4. The number of ether oxygens (including phenoxy) is 1. The van der Waals surface area contributed by atoms with E-state index in [1.807, 2.05) is 12.1 Å². The summed E-state index contributed by atoms with van der Waals surface area (Å²) in [4.78, 5) is 21.7. The maximum atomic E-state index is 12.5. The van der Waals surface area contributed by atoms with Crippen LogP contribution in [0.2, 0.25) is 0 Å². The van der Waals surface area contributed by atoms with E-state index < -0.39 is 0 Å². The Kier molecular flexibility index (Phi) is 4.71. The smallest absolute Gasteiger partial charge is 0.226 e. The lowest BCUT2D eigenvalue weighted by molar-refractivity contribution is -0.130. The highest BCUT2D eigenvalue weighted by molar-refractivity contribution is 5.92. The van der Waals surface area contributed by atoms with E-state index in [9.17, 15) is 4.79 Å². The van der Waals surface area contributed by atoms with Crippen LogP contribution in [0.3, 0.4) is 0 Å². The highest BCUT2D eigenvalue weighted by atomic mass is 16.5. The number of hydrogen-bond acceptors (Lipinski definition) is 5. The minimum absolute atomic E-state index is 0.0251. The lowest BCUT2D eigenvalue weighted by Crippen LogP contribution is -2.37. The number of fused-ring (bicyclic) bond motifs is 1. The zero-order valence-corrected chi connectivity index (χ0v) is 19.4. The topological polar surface area (TPSA) is 92.8 Å². The number of rotatable bonds is 5. The third-order valence-electron chi connectivity index (χ3n) is 8.21. The predicted molar refractivity (Wildman–Crippen MR) is 126 cm³/mol. The average Bonchev–Trinajstić information content (AvgIpc) is 3.24. The van der Waals surface area contributed by atoms with Gasteiger partial charge in [-0.3, -0.25) is 9.89 Å². The van der Waals surface area contributed by atoms with Crippen molar-refractivity contribution in [1.29, 1.82) is 0 Å². The Morgan fingerprint density at radius 1 is 1.15 bits per heavy atom. The Morgan fingerprint density at radius 2 is 2.03 bits per heavy atom. The molecule has 33 heavy (non-hydrogen) atoms. The van der Waals surface area contributed by atoms with Crippen molar-refractivity contribution in [3.63, 3.8) is 0 Å². The lowest BCUT2D eigenvalue weighted by atomic mass is 9.65. The first-order chi connectivity index (χ1) is 15.9. The number of carbonyl (C=O) groups excluding carboxylic acids is 1. The fourth-order valence-corrected chi connectivity index (χ4v) is 5.79. The van der Waals surface area contributed by atoms with Crippen LogP contribution < -0.4 is 10.1 Å². The molecule has 3 fully saturated rings. The van der Waals surface area contributed by atoms with Crippen molar-refractivity contribution in [1.82, 2.24) is 25.5 Å². The predicted octanol–water partition coefficient (Wildman–Crippen LogP) is 4.75. The van der Waals surface area contributed by atoms with Crippen molar-refractivity contribution in [3.8, 4) is 17.1 Å². The molecule has 7 heteroatoms. The fraction of sp³-hybridized carbons (Fsp3) is 0.538. The van der Waals surface area contributed by atoms with Crippen LogP contribution in [0.5, 0.6) is 5.75 Å². The van der Waals surface area contributed by atoms with Crippen LogP contribution >= 0.6 is 0 Å². The first-order valence-corrected chi connectivity index (χ1v) is 12.2. The second-order valence-electron chi connectivity index (χ2n) is 10.6. The summed E-state index contributed by atoms with van der Waals surface area (Å²) in [5.74, 6) is 1.83. The molecule has 3 atom stereocenters. The molecule has 1 amide bonds. The number of H-pyrrole nitrogens is 1. The summed E-state index contributed by atoms with van der Waals surface area (Å²) >= 11 is 0. The summed E-state index contributed by atoms with van der Waals surface area (Å²) in [6.07, 6.45) is 9.01. The molecule has 3 heterocycles. The molecule has 1 spiro atoms. The van der Waals surface area contributed by atoms with Gasteiger partial charge in [0.05, 0.1) is 16.6 Å². The van der Waals surface area contributed by atoms with E-state index in [4.69, 9.17) is 4.74 Å². The van der Waals surface area contributed by atoms with Gasteiger partial charge in [0.1, 0.15) is 23.4 Å². The van der Waals surface area contributed by atoms with E-state index in [0.717, 1.165) is 85.2 Å². The number of aromatic nitrogens is 4. The van der Waals surface area contributed by atoms with Crippen molar-refractivity contribution in [3.05, 3.63) is 36.3 Å². The van der Waals surface area contributed by atoms with Crippen LogP contribution in [-0.4, -0.2) is 38.2 Å². The quantitative estimate of drug-likeness (QED) is 0.591. The van der Waals surface area contributed by atoms with Gasteiger partial charge in [0.15, 0.2) is 0 Å². The lowest BCUT2D eigenvalue weighted by Gasteiger charge is -2.38. The molecule has 3 unspecified atom stereocenters. The first-order valence-electron chi connectivity index (χ1n) is 12.2. The Balaban J connectivity index is 1.28. The molecule has 1 saturated heterocycles. The summed E-state index contributed by atoms with van der Waals surface area (Å²) in [5.41, 5.74) is 3.44. The van der Waals surface area contributed by atoms with Gasteiger partial charge >= 0.3 is 0 Å². The summed E-state index contributed by atoms with van der Waals surface area (Å²) in [6, 6.07) is 8.16. The van der Waals surface area contributed by atoms with Crippen molar-refractivity contribution in [2.24, 2.45) is 11.3 Å². The highest BCUT2D eigenvalue weighted by Crippen LogP contribution is 2.48. The molecule has 1 aromatic carbocycles. The van der Waals surface area contributed by atoms with Crippen molar-refractivity contribution < 1.29 is 9.53 Å². The molecular weight excluding hydrogens is 414 g/mol. The summed E-state index contributed by atoms with van der Waals surface area (Å²) in [6.45, 7) is 5.21. The standard InChI is InChI=1S/C26H31N5O2/c1-16(17-4-3-7-26(14-17)10-11-27-24(26)32)21-13-22(29-15-28-21)23-19-12-18(33-25(2)8-9-25)5-6-20(19)30-31-23/h5-6,12-13,15-17H,3-4,7-11,14H2,1-2H3,(H,27,32)(H,30,31). The monoisotopic (exact) mass is 445 g/mol. The van der Waals surface area contributed by atoms with Crippen LogP contribution in [-0.2, 0) is 4.79 Å². The third kappa shape index (κ3) is 3.67. The molecule has 2 aliphatic carbocycles. The molecule has 1 aliphatic heterocycles. The minimum Gasteiger partial charge on any atom is -0.488 e. The summed E-state index contributed by atoms with van der Waals surface area (Å²) < 4.78 is 6.17. The molecule has 2 N–H and O–H groups in total. The molecule has 0 bridgehead atoms. The van der Waals surface area contributed by atoms with Gasteiger partial charge in [-0.1, -0.05) is 13.3 Å². The van der Waals surface area contributed by atoms with Crippen LogP contribution in [0.25, 0.3) is 22.3 Å². The van der Waals surface area contributed by atoms with E-state index in [1.54, 1.807) is 6.33 Å². The van der Waals surface area contributed by atoms with Gasteiger partial charge in [-0.25, -0.2) is 9.97 Å². The fourth-order valence-electron chi connectivity index (χ4n) is 5.79. The Labute approximate surface area is 193 Å². The van der Waals surface area contributed by atoms with Crippen LogP contribution in [0, 0.1) is 11.3 Å². The van der Waals surface area contributed by atoms with Gasteiger partial charge in [0, 0.05) is 23.5 Å². The Hall–Kier alpha value is -2.96. The van der Waals surface area contributed by atoms with Gasteiger partial charge in [0.25, 0.3) is 0 Å². The van der Waals surface area contributed by atoms with E-state index >= 15 is 0 Å². The third-order valence-corrected chi connectivity index (χ3v) is 8.21.